The Hall–Kier alpha value is -0.120. The second kappa shape index (κ2) is 5.99. The zero-order valence-electron chi connectivity index (χ0n) is 11.6. The van der Waals surface area contributed by atoms with Crippen LogP contribution in [0.2, 0.25) is 0 Å². The van der Waals surface area contributed by atoms with Crippen molar-refractivity contribution < 1.29 is 0 Å². The maximum absolute atomic E-state index is 3.68. The third-order valence-corrected chi connectivity index (χ3v) is 3.30. The molecular formula is C13H29N3. The van der Waals surface area contributed by atoms with E-state index in [-0.39, 0.29) is 5.54 Å². The van der Waals surface area contributed by atoms with Crippen LogP contribution in [0.15, 0.2) is 0 Å². The van der Waals surface area contributed by atoms with Crippen LogP contribution in [0.3, 0.4) is 0 Å². The smallest absolute Gasteiger partial charge is 0.0118 e. The number of hydrogen-bond acceptors (Lipinski definition) is 3. The van der Waals surface area contributed by atoms with E-state index in [4.69, 9.17) is 0 Å². The summed E-state index contributed by atoms with van der Waals surface area (Å²) in [6.45, 7) is 13.6. The molecule has 1 saturated heterocycles. The predicted octanol–water partition coefficient (Wildman–Crippen LogP) is 1.30. The van der Waals surface area contributed by atoms with E-state index in [1.807, 2.05) is 0 Å². The number of piperidine rings is 1. The summed E-state index contributed by atoms with van der Waals surface area (Å²) in [7, 11) is 2.22. The van der Waals surface area contributed by atoms with Gasteiger partial charge in [0.25, 0.3) is 0 Å². The fourth-order valence-corrected chi connectivity index (χ4v) is 2.35. The van der Waals surface area contributed by atoms with E-state index in [2.05, 4.69) is 50.3 Å². The van der Waals surface area contributed by atoms with E-state index >= 15 is 0 Å². The van der Waals surface area contributed by atoms with Crippen molar-refractivity contribution in [1.29, 1.82) is 0 Å². The molecule has 1 fully saturated rings. The van der Waals surface area contributed by atoms with E-state index in [9.17, 15) is 0 Å². The van der Waals surface area contributed by atoms with Gasteiger partial charge in [-0.2, -0.15) is 0 Å². The Morgan fingerprint density at radius 1 is 1.25 bits per heavy atom. The quantitative estimate of drug-likeness (QED) is 0.709. The lowest BCUT2D eigenvalue weighted by Crippen LogP contribution is -2.49. The Kier molecular flexibility index (Phi) is 5.22. The van der Waals surface area contributed by atoms with E-state index in [0.717, 1.165) is 19.0 Å². The molecule has 1 aliphatic rings. The second-order valence-corrected chi connectivity index (χ2v) is 6.27. The summed E-state index contributed by atoms with van der Waals surface area (Å²) in [5.74, 6) is 0.772. The van der Waals surface area contributed by atoms with Crippen LogP contribution in [0.25, 0.3) is 0 Å². The minimum Gasteiger partial charge on any atom is -0.312 e. The largest absolute Gasteiger partial charge is 0.312 e. The summed E-state index contributed by atoms with van der Waals surface area (Å²) in [6.07, 6.45) is 1.28. The SMILES string of the molecule is CC1CN(C)CCC1NCCNC(C)(C)C. The lowest BCUT2D eigenvalue weighted by molar-refractivity contribution is 0.175. The molecule has 0 amide bonds. The highest BCUT2D eigenvalue weighted by atomic mass is 15.1. The third-order valence-electron chi connectivity index (χ3n) is 3.30. The van der Waals surface area contributed by atoms with Crippen molar-refractivity contribution in [3.63, 3.8) is 0 Å². The average Bonchev–Trinajstić information content (AvgIpc) is 2.13. The summed E-state index contributed by atoms with van der Waals surface area (Å²) < 4.78 is 0. The predicted molar refractivity (Wildman–Crippen MR) is 70.8 cm³/mol. The molecular weight excluding hydrogens is 198 g/mol. The standard InChI is InChI=1S/C13H29N3/c1-11-10-16(5)9-6-12(11)14-7-8-15-13(2,3)4/h11-12,14-15H,6-10H2,1-5H3. The minimum absolute atomic E-state index is 0.236. The minimum atomic E-state index is 0.236. The molecule has 2 atom stereocenters. The van der Waals surface area contributed by atoms with Gasteiger partial charge in [0.05, 0.1) is 0 Å². The molecule has 2 unspecified atom stereocenters. The van der Waals surface area contributed by atoms with Crippen LogP contribution in [0.5, 0.6) is 0 Å². The summed E-state index contributed by atoms with van der Waals surface area (Å²) in [5.41, 5.74) is 0.236. The van der Waals surface area contributed by atoms with Gasteiger partial charge < -0.3 is 15.5 Å². The van der Waals surface area contributed by atoms with Crippen LogP contribution >= 0.6 is 0 Å². The van der Waals surface area contributed by atoms with Gasteiger partial charge in [0.2, 0.25) is 0 Å². The van der Waals surface area contributed by atoms with Crippen molar-refractivity contribution in [2.75, 3.05) is 33.2 Å². The molecule has 0 saturated carbocycles. The van der Waals surface area contributed by atoms with Crippen molar-refractivity contribution in [3.05, 3.63) is 0 Å². The van der Waals surface area contributed by atoms with Gasteiger partial charge in [-0.3, -0.25) is 0 Å². The normalized spacial score (nSPS) is 28.3. The molecule has 0 radical (unpaired) electrons. The fraction of sp³-hybridized carbons (Fsp3) is 1.00. The zero-order valence-corrected chi connectivity index (χ0v) is 11.6. The summed E-state index contributed by atoms with van der Waals surface area (Å²) in [6, 6.07) is 0.706. The third kappa shape index (κ3) is 5.28. The van der Waals surface area contributed by atoms with Crippen LogP contribution < -0.4 is 10.6 Å². The molecule has 0 aromatic heterocycles. The maximum Gasteiger partial charge on any atom is 0.0118 e. The van der Waals surface area contributed by atoms with E-state index in [1.54, 1.807) is 0 Å². The van der Waals surface area contributed by atoms with Gasteiger partial charge in [0.1, 0.15) is 0 Å². The molecule has 1 rings (SSSR count). The number of hydrogen-bond donors (Lipinski definition) is 2. The first-order valence-corrected chi connectivity index (χ1v) is 6.55. The Morgan fingerprint density at radius 3 is 2.50 bits per heavy atom. The molecule has 0 aromatic carbocycles. The lowest BCUT2D eigenvalue weighted by atomic mass is 9.94. The van der Waals surface area contributed by atoms with Crippen molar-refractivity contribution in [2.24, 2.45) is 5.92 Å². The van der Waals surface area contributed by atoms with Crippen molar-refractivity contribution in [1.82, 2.24) is 15.5 Å². The van der Waals surface area contributed by atoms with Gasteiger partial charge in [-0.25, -0.2) is 0 Å². The Bertz CT molecular complexity index is 198. The molecule has 2 N–H and O–H groups in total. The molecule has 0 spiro atoms. The van der Waals surface area contributed by atoms with Crippen LogP contribution in [0.4, 0.5) is 0 Å². The molecule has 96 valence electrons. The van der Waals surface area contributed by atoms with E-state index < -0.39 is 0 Å². The van der Waals surface area contributed by atoms with E-state index in [1.165, 1.54) is 19.5 Å². The van der Waals surface area contributed by atoms with E-state index in [0.29, 0.717) is 6.04 Å². The monoisotopic (exact) mass is 227 g/mol. The molecule has 1 aliphatic heterocycles. The number of nitrogens with one attached hydrogen (secondary N) is 2. The number of nitrogens with zero attached hydrogens (tertiary/aromatic N) is 1. The Labute approximate surface area is 101 Å². The maximum atomic E-state index is 3.68. The van der Waals surface area contributed by atoms with Gasteiger partial charge in [0.15, 0.2) is 0 Å². The Balaban J connectivity index is 2.13. The molecule has 0 aromatic rings. The fourth-order valence-electron chi connectivity index (χ4n) is 2.35. The highest BCUT2D eigenvalue weighted by Crippen LogP contribution is 2.14. The average molecular weight is 227 g/mol. The van der Waals surface area contributed by atoms with Gasteiger partial charge in [-0.1, -0.05) is 6.92 Å². The highest BCUT2D eigenvalue weighted by molar-refractivity contribution is 4.82. The topological polar surface area (TPSA) is 27.3 Å². The van der Waals surface area contributed by atoms with Crippen molar-refractivity contribution >= 4 is 0 Å². The highest BCUT2D eigenvalue weighted by Gasteiger charge is 2.23. The first kappa shape index (κ1) is 13.9. The summed E-state index contributed by atoms with van der Waals surface area (Å²) >= 11 is 0. The van der Waals surface area contributed by atoms with Gasteiger partial charge in [0, 0.05) is 31.2 Å². The number of rotatable bonds is 4. The van der Waals surface area contributed by atoms with Gasteiger partial charge in [-0.05, 0) is 46.7 Å². The van der Waals surface area contributed by atoms with Crippen LogP contribution in [-0.4, -0.2) is 49.7 Å². The number of likely N-dealkylation sites (tertiary alicyclic amines) is 1. The summed E-state index contributed by atoms with van der Waals surface area (Å²) in [5, 5.41) is 7.19. The molecule has 0 bridgehead atoms. The first-order valence-electron chi connectivity index (χ1n) is 6.55. The van der Waals surface area contributed by atoms with Gasteiger partial charge >= 0.3 is 0 Å². The van der Waals surface area contributed by atoms with Crippen LogP contribution in [0.1, 0.15) is 34.1 Å². The van der Waals surface area contributed by atoms with Crippen LogP contribution in [0, 0.1) is 5.92 Å². The zero-order chi connectivity index (χ0) is 12.2. The molecule has 16 heavy (non-hydrogen) atoms. The molecule has 3 nitrogen and oxygen atoms in total. The first-order chi connectivity index (χ1) is 7.38. The van der Waals surface area contributed by atoms with Crippen LogP contribution in [-0.2, 0) is 0 Å². The van der Waals surface area contributed by atoms with Crippen molar-refractivity contribution in [3.8, 4) is 0 Å². The lowest BCUT2D eigenvalue weighted by Gasteiger charge is -2.35. The van der Waals surface area contributed by atoms with Gasteiger partial charge in [-0.15, -0.1) is 0 Å². The van der Waals surface area contributed by atoms with Crippen molar-refractivity contribution in [2.45, 2.75) is 45.7 Å². The molecule has 1 heterocycles. The molecule has 3 heteroatoms. The Morgan fingerprint density at radius 2 is 1.94 bits per heavy atom. The summed E-state index contributed by atoms with van der Waals surface area (Å²) in [4.78, 5) is 2.43. The molecule has 0 aliphatic carbocycles. The second-order valence-electron chi connectivity index (χ2n) is 6.27.